The Labute approximate surface area is 212 Å². The van der Waals surface area contributed by atoms with Crippen LogP contribution in [0.4, 0.5) is 0 Å². The third kappa shape index (κ3) is 6.16. The second-order valence-electron chi connectivity index (χ2n) is 8.53. The first-order valence-corrected chi connectivity index (χ1v) is 11.9. The molecular weight excluding hydrogens is 452 g/mol. The molecule has 0 saturated carbocycles. The number of hydrogen-bond donors (Lipinski definition) is 4. The lowest BCUT2D eigenvalue weighted by Gasteiger charge is -2.31. The molecule has 0 saturated heterocycles. The van der Waals surface area contributed by atoms with E-state index in [2.05, 4.69) is 34.9 Å². The van der Waals surface area contributed by atoms with Crippen molar-refractivity contribution in [3.63, 3.8) is 0 Å². The van der Waals surface area contributed by atoms with Crippen molar-refractivity contribution in [2.24, 2.45) is 0 Å². The zero-order chi connectivity index (χ0) is 25.3. The van der Waals surface area contributed by atoms with Crippen molar-refractivity contribution in [3.8, 4) is 23.0 Å². The van der Waals surface area contributed by atoms with E-state index in [9.17, 15) is 10.2 Å². The van der Waals surface area contributed by atoms with Crippen molar-refractivity contribution >= 4 is 0 Å². The zero-order valence-electron chi connectivity index (χ0n) is 20.5. The molecule has 0 radical (unpaired) electrons. The van der Waals surface area contributed by atoms with Gasteiger partial charge in [0.25, 0.3) is 0 Å². The van der Waals surface area contributed by atoms with Crippen molar-refractivity contribution in [1.82, 2.24) is 10.6 Å². The van der Waals surface area contributed by atoms with Crippen LogP contribution in [0.3, 0.4) is 0 Å². The molecular formula is C30H32N2O4. The molecule has 0 spiro atoms. The van der Waals surface area contributed by atoms with Crippen LogP contribution in [0, 0.1) is 0 Å². The summed E-state index contributed by atoms with van der Waals surface area (Å²) >= 11 is 0. The molecule has 4 aromatic carbocycles. The molecule has 0 aliphatic heterocycles. The van der Waals surface area contributed by atoms with Crippen LogP contribution in [0.25, 0.3) is 0 Å². The van der Waals surface area contributed by atoms with Gasteiger partial charge >= 0.3 is 0 Å². The summed E-state index contributed by atoms with van der Waals surface area (Å²) in [6.45, 7) is 0.857. The Balaban J connectivity index is 1.67. The van der Waals surface area contributed by atoms with Gasteiger partial charge in [0.15, 0.2) is 0 Å². The lowest BCUT2D eigenvalue weighted by Crippen LogP contribution is -2.35. The summed E-state index contributed by atoms with van der Waals surface area (Å²) in [5.41, 5.74) is 3.67. The van der Waals surface area contributed by atoms with E-state index in [1.807, 2.05) is 48.5 Å². The monoisotopic (exact) mass is 484 g/mol. The molecule has 0 fully saturated rings. The molecule has 0 heterocycles. The van der Waals surface area contributed by atoms with Crippen LogP contribution in [-0.4, -0.2) is 24.4 Å². The highest BCUT2D eigenvalue weighted by molar-refractivity contribution is 5.41. The number of hydrogen-bond acceptors (Lipinski definition) is 6. The first-order chi connectivity index (χ1) is 17.6. The van der Waals surface area contributed by atoms with Crippen molar-refractivity contribution < 1.29 is 19.7 Å². The Morgan fingerprint density at radius 1 is 0.583 bits per heavy atom. The second kappa shape index (κ2) is 12.1. The third-order valence-corrected chi connectivity index (χ3v) is 6.25. The molecule has 0 aliphatic rings. The summed E-state index contributed by atoms with van der Waals surface area (Å²) in [5.74, 6) is 1.79. The van der Waals surface area contributed by atoms with Crippen LogP contribution < -0.4 is 20.1 Å². The molecule has 6 nitrogen and oxygen atoms in total. The van der Waals surface area contributed by atoms with E-state index in [4.69, 9.17) is 9.47 Å². The Kier molecular flexibility index (Phi) is 8.44. The van der Waals surface area contributed by atoms with E-state index in [0.717, 1.165) is 22.3 Å². The van der Waals surface area contributed by atoms with E-state index < -0.39 is 0 Å². The fraction of sp³-hybridized carbons (Fsp3) is 0.200. The smallest absolute Gasteiger partial charge is 0.120 e. The predicted octanol–water partition coefficient (Wildman–Crippen LogP) is 5.48. The van der Waals surface area contributed by atoms with E-state index in [1.54, 1.807) is 38.5 Å². The van der Waals surface area contributed by atoms with Crippen molar-refractivity contribution in [2.75, 3.05) is 14.2 Å². The Hall–Kier alpha value is -4.00. The minimum atomic E-state index is -0.146. The number of rotatable bonds is 11. The maximum absolute atomic E-state index is 10.5. The van der Waals surface area contributed by atoms with Gasteiger partial charge in [0.1, 0.15) is 23.0 Å². The Morgan fingerprint density at radius 2 is 0.972 bits per heavy atom. The Bertz CT molecular complexity index is 1150. The van der Waals surface area contributed by atoms with Gasteiger partial charge in [0.05, 0.1) is 26.3 Å². The van der Waals surface area contributed by atoms with Gasteiger partial charge in [-0.25, -0.2) is 0 Å². The highest BCUT2D eigenvalue weighted by Crippen LogP contribution is 2.32. The van der Waals surface area contributed by atoms with Crippen molar-refractivity contribution in [3.05, 3.63) is 119 Å². The fourth-order valence-electron chi connectivity index (χ4n) is 4.28. The quantitative estimate of drug-likeness (QED) is 0.226. The summed E-state index contributed by atoms with van der Waals surface area (Å²) < 4.78 is 10.7. The van der Waals surface area contributed by atoms with Gasteiger partial charge in [-0.15, -0.1) is 0 Å². The second-order valence-corrected chi connectivity index (χ2v) is 8.53. The maximum Gasteiger partial charge on any atom is 0.120 e. The molecule has 6 heteroatoms. The number of ether oxygens (including phenoxy) is 2. The molecule has 4 aromatic rings. The van der Waals surface area contributed by atoms with Gasteiger partial charge in [-0.2, -0.15) is 0 Å². The molecule has 186 valence electrons. The predicted molar refractivity (Wildman–Crippen MR) is 141 cm³/mol. The lowest BCUT2D eigenvalue weighted by molar-refractivity contribution is 0.370. The zero-order valence-corrected chi connectivity index (χ0v) is 20.5. The molecule has 0 aromatic heterocycles. The number of methoxy groups -OCH3 is 2. The summed E-state index contributed by atoms with van der Waals surface area (Å²) in [6.07, 6.45) is 0. The van der Waals surface area contributed by atoms with Crippen molar-refractivity contribution in [2.45, 2.75) is 25.2 Å². The molecule has 0 unspecified atom stereocenters. The van der Waals surface area contributed by atoms with E-state index >= 15 is 0 Å². The van der Waals surface area contributed by atoms with E-state index in [0.29, 0.717) is 24.6 Å². The van der Waals surface area contributed by atoms with Crippen LogP contribution in [0.1, 0.15) is 34.3 Å². The molecule has 36 heavy (non-hydrogen) atoms. The van der Waals surface area contributed by atoms with Gasteiger partial charge in [0, 0.05) is 24.2 Å². The van der Waals surface area contributed by atoms with Gasteiger partial charge < -0.3 is 30.3 Å². The summed E-state index contributed by atoms with van der Waals surface area (Å²) in [6, 6.07) is 30.6. The average molecular weight is 485 g/mol. The fourth-order valence-corrected chi connectivity index (χ4v) is 4.28. The molecule has 0 aliphatic carbocycles. The Morgan fingerprint density at radius 3 is 1.33 bits per heavy atom. The number of aromatic hydroxyl groups is 2. The molecule has 4 rings (SSSR count). The van der Waals surface area contributed by atoms with Gasteiger partial charge in [-0.05, 0) is 47.5 Å². The topological polar surface area (TPSA) is 83.0 Å². The molecule has 0 amide bonds. The summed E-state index contributed by atoms with van der Waals surface area (Å²) in [4.78, 5) is 0. The first-order valence-electron chi connectivity index (χ1n) is 11.9. The highest BCUT2D eigenvalue weighted by Gasteiger charge is 2.25. The minimum absolute atomic E-state index is 0.146. The standard InChI is InChI=1S/C30H32N2O4/c1-35-25-13-15-27(33)23(17-25)19-31-29(21-9-5-3-6-10-21)30(22-11-7-4-8-12-22)32-20-24-18-26(36-2)14-16-28(24)34/h3-18,29-34H,19-20H2,1-2H3/t29-,30-/m0/s1. The number of nitrogens with one attached hydrogen (secondary N) is 2. The first kappa shape index (κ1) is 25.1. The van der Waals surface area contributed by atoms with Crippen LogP contribution in [-0.2, 0) is 13.1 Å². The molecule has 4 N–H and O–H groups in total. The van der Waals surface area contributed by atoms with E-state index in [-0.39, 0.29) is 23.6 Å². The maximum atomic E-state index is 10.5. The number of benzene rings is 4. The number of phenolic OH excluding ortho intramolecular Hbond substituents is 2. The third-order valence-electron chi connectivity index (χ3n) is 6.25. The average Bonchev–Trinajstić information content (AvgIpc) is 2.93. The molecule has 0 bridgehead atoms. The van der Waals surface area contributed by atoms with Crippen LogP contribution in [0.5, 0.6) is 23.0 Å². The highest BCUT2D eigenvalue weighted by atomic mass is 16.5. The number of phenols is 2. The van der Waals surface area contributed by atoms with Crippen molar-refractivity contribution in [1.29, 1.82) is 0 Å². The largest absolute Gasteiger partial charge is 0.508 e. The summed E-state index contributed by atoms with van der Waals surface area (Å²) in [7, 11) is 3.22. The van der Waals surface area contributed by atoms with Crippen LogP contribution in [0.2, 0.25) is 0 Å². The lowest BCUT2D eigenvalue weighted by atomic mass is 9.92. The van der Waals surface area contributed by atoms with Gasteiger partial charge in [0.2, 0.25) is 0 Å². The minimum Gasteiger partial charge on any atom is -0.508 e. The van der Waals surface area contributed by atoms with E-state index in [1.165, 1.54) is 0 Å². The SMILES string of the molecule is COc1ccc(O)c(CN[C@@H](c2ccccc2)[C@@H](NCc2cc(OC)ccc2O)c2ccccc2)c1. The molecule has 2 atom stereocenters. The van der Waals surface area contributed by atoms with Gasteiger partial charge in [-0.1, -0.05) is 60.7 Å². The van der Waals surface area contributed by atoms with Gasteiger partial charge in [-0.3, -0.25) is 0 Å². The van der Waals surface area contributed by atoms with Crippen LogP contribution in [0.15, 0.2) is 97.1 Å². The normalized spacial score (nSPS) is 12.6. The summed E-state index contributed by atoms with van der Waals surface area (Å²) in [5, 5.41) is 28.2. The van der Waals surface area contributed by atoms with Crippen LogP contribution >= 0.6 is 0 Å².